The summed E-state index contributed by atoms with van der Waals surface area (Å²) in [5.74, 6) is -0.177. The lowest BCUT2D eigenvalue weighted by atomic mass is 9.98. The molecule has 0 spiro atoms. The summed E-state index contributed by atoms with van der Waals surface area (Å²) in [6, 6.07) is 11.1. The average Bonchev–Trinajstić information content (AvgIpc) is 2.44. The maximum Gasteiger partial charge on any atom is 0.131 e. The molecule has 2 aromatic rings. The van der Waals surface area contributed by atoms with Crippen LogP contribution in [0.5, 0.6) is 0 Å². The van der Waals surface area contributed by atoms with Gasteiger partial charge in [-0.1, -0.05) is 37.3 Å². The van der Waals surface area contributed by atoms with Crippen LogP contribution in [0.1, 0.15) is 32.4 Å². The first kappa shape index (κ1) is 14.9. The number of nitrogens with one attached hydrogen (secondary N) is 1. The molecule has 2 nitrogen and oxygen atoms in total. The molecule has 2 rings (SSSR count). The molecule has 2 aromatic carbocycles. The van der Waals surface area contributed by atoms with Crippen molar-refractivity contribution in [3.05, 3.63) is 47.8 Å². The Morgan fingerprint density at radius 1 is 1.10 bits per heavy atom. The van der Waals surface area contributed by atoms with E-state index in [2.05, 4.69) is 12.2 Å². The molecule has 20 heavy (non-hydrogen) atoms. The predicted molar refractivity (Wildman–Crippen MR) is 81.4 cm³/mol. The van der Waals surface area contributed by atoms with Gasteiger partial charge in [-0.05, 0) is 37.4 Å². The molecule has 0 saturated heterocycles. The summed E-state index contributed by atoms with van der Waals surface area (Å²) in [5, 5.41) is 5.03. The van der Waals surface area contributed by atoms with Gasteiger partial charge in [0.15, 0.2) is 0 Å². The van der Waals surface area contributed by atoms with Crippen LogP contribution in [0, 0.1) is 5.82 Å². The molecule has 0 saturated carbocycles. The average molecular weight is 275 g/mol. The minimum absolute atomic E-state index is 0.0768. The summed E-state index contributed by atoms with van der Waals surface area (Å²) in [6.45, 7) is 7.53. The fourth-order valence-electron chi connectivity index (χ4n) is 2.38. The van der Waals surface area contributed by atoms with Crippen molar-refractivity contribution < 1.29 is 9.13 Å². The number of fused-ring (bicyclic) bond motifs is 1. The lowest BCUT2D eigenvalue weighted by Gasteiger charge is -2.21. The van der Waals surface area contributed by atoms with Crippen LogP contribution >= 0.6 is 0 Å². The zero-order valence-electron chi connectivity index (χ0n) is 12.3. The third kappa shape index (κ3) is 3.35. The highest BCUT2D eigenvalue weighted by Crippen LogP contribution is 2.27. The van der Waals surface area contributed by atoms with Crippen molar-refractivity contribution in [1.82, 2.24) is 5.32 Å². The minimum Gasteiger partial charge on any atom is -0.377 e. The van der Waals surface area contributed by atoms with Gasteiger partial charge in [-0.3, -0.25) is 0 Å². The number of halogens is 1. The van der Waals surface area contributed by atoms with Gasteiger partial charge in [-0.2, -0.15) is 0 Å². The molecule has 0 aliphatic heterocycles. The van der Waals surface area contributed by atoms with Crippen molar-refractivity contribution in [2.75, 3.05) is 13.2 Å². The Morgan fingerprint density at radius 3 is 2.45 bits per heavy atom. The zero-order valence-corrected chi connectivity index (χ0v) is 12.3. The molecule has 0 radical (unpaired) electrons. The first-order valence-electron chi connectivity index (χ1n) is 7.15. The van der Waals surface area contributed by atoms with E-state index in [1.54, 1.807) is 0 Å². The Bertz CT molecular complexity index is 568. The standard InChI is InChI=1S/C17H22FNO/c1-4-19-17(11-20-12(2)3)15-9-10-16(18)14-8-6-5-7-13(14)15/h5-10,12,17,19H,4,11H2,1-3H3. The summed E-state index contributed by atoms with van der Waals surface area (Å²) in [7, 11) is 0. The van der Waals surface area contributed by atoms with Crippen LogP contribution in [0.25, 0.3) is 10.8 Å². The van der Waals surface area contributed by atoms with Crippen molar-refractivity contribution in [3.8, 4) is 0 Å². The van der Waals surface area contributed by atoms with Crippen LogP contribution in [-0.4, -0.2) is 19.3 Å². The topological polar surface area (TPSA) is 21.3 Å². The molecule has 1 unspecified atom stereocenters. The van der Waals surface area contributed by atoms with E-state index in [0.29, 0.717) is 12.0 Å². The fourth-order valence-corrected chi connectivity index (χ4v) is 2.38. The number of hydrogen-bond acceptors (Lipinski definition) is 2. The molecule has 0 fully saturated rings. The minimum atomic E-state index is -0.177. The van der Waals surface area contributed by atoms with E-state index in [1.807, 2.05) is 44.2 Å². The maximum absolute atomic E-state index is 13.9. The number of benzene rings is 2. The van der Waals surface area contributed by atoms with Gasteiger partial charge < -0.3 is 10.1 Å². The van der Waals surface area contributed by atoms with Crippen molar-refractivity contribution in [1.29, 1.82) is 0 Å². The number of hydrogen-bond donors (Lipinski definition) is 1. The van der Waals surface area contributed by atoms with Gasteiger partial charge >= 0.3 is 0 Å². The van der Waals surface area contributed by atoms with E-state index in [1.165, 1.54) is 6.07 Å². The van der Waals surface area contributed by atoms with Crippen LogP contribution in [0.3, 0.4) is 0 Å². The van der Waals surface area contributed by atoms with Gasteiger partial charge in [0.05, 0.1) is 18.8 Å². The van der Waals surface area contributed by atoms with Crippen molar-refractivity contribution in [2.45, 2.75) is 32.9 Å². The molecular weight excluding hydrogens is 253 g/mol. The molecule has 108 valence electrons. The molecule has 0 aromatic heterocycles. The number of rotatable bonds is 6. The van der Waals surface area contributed by atoms with E-state index in [-0.39, 0.29) is 18.0 Å². The van der Waals surface area contributed by atoms with Gasteiger partial charge in [0.2, 0.25) is 0 Å². The van der Waals surface area contributed by atoms with Crippen molar-refractivity contribution in [3.63, 3.8) is 0 Å². The molecule has 1 N–H and O–H groups in total. The Morgan fingerprint density at radius 2 is 1.80 bits per heavy atom. The van der Waals surface area contributed by atoms with E-state index in [9.17, 15) is 4.39 Å². The zero-order chi connectivity index (χ0) is 14.5. The molecule has 3 heteroatoms. The van der Waals surface area contributed by atoms with Crippen molar-refractivity contribution >= 4 is 10.8 Å². The SMILES string of the molecule is CCNC(COC(C)C)c1ccc(F)c2ccccc12. The highest BCUT2D eigenvalue weighted by molar-refractivity contribution is 5.86. The fraction of sp³-hybridized carbons (Fsp3) is 0.412. The van der Waals surface area contributed by atoms with Crippen LogP contribution in [0.15, 0.2) is 36.4 Å². The second-order valence-electron chi connectivity index (χ2n) is 5.17. The lowest BCUT2D eigenvalue weighted by molar-refractivity contribution is 0.0617. The summed E-state index contributed by atoms with van der Waals surface area (Å²) < 4.78 is 19.6. The molecule has 0 aliphatic rings. The molecule has 0 heterocycles. The molecule has 0 aliphatic carbocycles. The third-order valence-electron chi connectivity index (χ3n) is 3.33. The van der Waals surface area contributed by atoms with Crippen LogP contribution in [0.2, 0.25) is 0 Å². The predicted octanol–water partition coefficient (Wildman–Crippen LogP) is 4.05. The van der Waals surface area contributed by atoms with E-state index < -0.39 is 0 Å². The van der Waals surface area contributed by atoms with Gasteiger partial charge in [0, 0.05) is 5.39 Å². The summed E-state index contributed by atoms with van der Waals surface area (Å²) >= 11 is 0. The second-order valence-corrected chi connectivity index (χ2v) is 5.17. The van der Waals surface area contributed by atoms with Gasteiger partial charge in [-0.15, -0.1) is 0 Å². The quantitative estimate of drug-likeness (QED) is 0.858. The van der Waals surface area contributed by atoms with Crippen LogP contribution < -0.4 is 5.32 Å². The van der Waals surface area contributed by atoms with Crippen molar-refractivity contribution in [2.24, 2.45) is 0 Å². The summed E-state index contributed by atoms with van der Waals surface area (Å²) in [6.07, 6.45) is 0.183. The molecule has 0 amide bonds. The molecule has 1 atom stereocenters. The molecular formula is C17H22FNO. The smallest absolute Gasteiger partial charge is 0.131 e. The maximum atomic E-state index is 13.9. The first-order valence-corrected chi connectivity index (χ1v) is 7.15. The summed E-state index contributed by atoms with van der Waals surface area (Å²) in [4.78, 5) is 0. The Kier molecular flexibility index (Phi) is 5.10. The van der Waals surface area contributed by atoms with E-state index in [4.69, 9.17) is 4.74 Å². The highest BCUT2D eigenvalue weighted by Gasteiger charge is 2.15. The Labute approximate surface area is 119 Å². The Balaban J connectivity index is 2.40. The summed E-state index contributed by atoms with van der Waals surface area (Å²) in [5.41, 5.74) is 1.09. The van der Waals surface area contributed by atoms with Gasteiger partial charge in [0.25, 0.3) is 0 Å². The van der Waals surface area contributed by atoms with Crippen LogP contribution in [-0.2, 0) is 4.74 Å². The van der Waals surface area contributed by atoms with Gasteiger partial charge in [-0.25, -0.2) is 4.39 Å². The van der Waals surface area contributed by atoms with E-state index in [0.717, 1.165) is 17.5 Å². The second kappa shape index (κ2) is 6.82. The molecule has 0 bridgehead atoms. The number of ether oxygens (including phenoxy) is 1. The largest absolute Gasteiger partial charge is 0.377 e. The van der Waals surface area contributed by atoms with E-state index >= 15 is 0 Å². The van der Waals surface area contributed by atoms with Crippen LogP contribution in [0.4, 0.5) is 4.39 Å². The third-order valence-corrected chi connectivity index (χ3v) is 3.33. The lowest BCUT2D eigenvalue weighted by Crippen LogP contribution is -2.27. The highest BCUT2D eigenvalue weighted by atomic mass is 19.1. The number of likely N-dealkylation sites (N-methyl/N-ethyl adjacent to an activating group) is 1. The monoisotopic (exact) mass is 275 g/mol. The normalized spacial score (nSPS) is 13.1. The van der Waals surface area contributed by atoms with Gasteiger partial charge in [0.1, 0.15) is 5.82 Å². The first-order chi connectivity index (χ1) is 9.63. The Hall–Kier alpha value is -1.45.